The van der Waals surface area contributed by atoms with E-state index >= 15 is 0 Å². The van der Waals surface area contributed by atoms with Crippen molar-refractivity contribution in [2.75, 3.05) is 27.2 Å². The fraction of sp³-hybridized carbons (Fsp3) is 0.600. The van der Waals surface area contributed by atoms with Crippen LogP contribution >= 0.6 is 0 Å². The molecule has 1 aromatic carbocycles. The molecule has 1 saturated heterocycles. The summed E-state index contributed by atoms with van der Waals surface area (Å²) >= 11 is 0. The third-order valence-corrected chi connectivity index (χ3v) is 4.11. The van der Waals surface area contributed by atoms with Gasteiger partial charge in [-0.2, -0.15) is 0 Å². The second-order valence-corrected chi connectivity index (χ2v) is 5.62. The Balaban J connectivity index is 2.21. The topological polar surface area (TPSA) is 15.3 Å². The van der Waals surface area contributed by atoms with Crippen molar-refractivity contribution in [2.24, 2.45) is 0 Å². The SMILES string of the molecule is CNC1(Cc2cc(C)ccc2C)CCN(C)C1. The van der Waals surface area contributed by atoms with Crippen LogP contribution in [0.2, 0.25) is 0 Å². The van der Waals surface area contributed by atoms with Gasteiger partial charge in [0.2, 0.25) is 0 Å². The predicted octanol–water partition coefficient (Wildman–Crippen LogP) is 2.14. The number of benzene rings is 1. The average Bonchev–Trinajstić information content (AvgIpc) is 2.66. The lowest BCUT2D eigenvalue weighted by molar-refractivity contribution is 0.326. The molecule has 0 amide bonds. The van der Waals surface area contributed by atoms with Gasteiger partial charge in [0, 0.05) is 12.1 Å². The van der Waals surface area contributed by atoms with Crippen LogP contribution in [-0.4, -0.2) is 37.6 Å². The molecule has 1 fully saturated rings. The van der Waals surface area contributed by atoms with Crippen molar-refractivity contribution in [1.82, 2.24) is 10.2 Å². The summed E-state index contributed by atoms with van der Waals surface area (Å²) in [5.74, 6) is 0. The number of hydrogen-bond donors (Lipinski definition) is 1. The Labute approximate surface area is 105 Å². The van der Waals surface area contributed by atoms with Crippen molar-refractivity contribution in [3.8, 4) is 0 Å². The summed E-state index contributed by atoms with van der Waals surface area (Å²) in [6.07, 6.45) is 2.38. The van der Waals surface area contributed by atoms with Crippen LogP contribution in [0, 0.1) is 13.8 Å². The predicted molar refractivity (Wildman–Crippen MR) is 73.5 cm³/mol. The van der Waals surface area contributed by atoms with Crippen LogP contribution in [0.5, 0.6) is 0 Å². The Hall–Kier alpha value is -0.860. The van der Waals surface area contributed by atoms with Gasteiger partial charge in [-0.3, -0.25) is 0 Å². The first-order valence-corrected chi connectivity index (χ1v) is 6.48. The molecular weight excluding hydrogens is 208 g/mol. The fourth-order valence-corrected chi connectivity index (χ4v) is 2.87. The molecule has 2 nitrogen and oxygen atoms in total. The van der Waals surface area contributed by atoms with Gasteiger partial charge >= 0.3 is 0 Å². The molecule has 0 bridgehead atoms. The highest BCUT2D eigenvalue weighted by molar-refractivity contribution is 5.32. The van der Waals surface area contributed by atoms with Crippen LogP contribution in [0.4, 0.5) is 0 Å². The second-order valence-electron chi connectivity index (χ2n) is 5.62. The maximum atomic E-state index is 3.56. The van der Waals surface area contributed by atoms with Crippen molar-refractivity contribution in [2.45, 2.75) is 32.2 Å². The molecule has 2 rings (SSSR count). The molecule has 1 N–H and O–H groups in total. The average molecular weight is 232 g/mol. The maximum absolute atomic E-state index is 3.56. The Morgan fingerprint density at radius 2 is 2.12 bits per heavy atom. The molecule has 0 radical (unpaired) electrons. The third-order valence-electron chi connectivity index (χ3n) is 4.11. The lowest BCUT2D eigenvalue weighted by Gasteiger charge is -2.29. The van der Waals surface area contributed by atoms with E-state index in [9.17, 15) is 0 Å². The Bertz CT molecular complexity index is 400. The molecule has 17 heavy (non-hydrogen) atoms. The number of likely N-dealkylation sites (N-methyl/N-ethyl adjacent to an activating group) is 2. The minimum absolute atomic E-state index is 0.271. The van der Waals surface area contributed by atoms with Gasteiger partial charge < -0.3 is 10.2 Å². The number of nitrogens with zero attached hydrogens (tertiary/aromatic N) is 1. The molecule has 94 valence electrons. The molecule has 1 aliphatic rings. The normalized spacial score (nSPS) is 25.4. The van der Waals surface area contributed by atoms with Gasteiger partial charge in [-0.1, -0.05) is 23.8 Å². The van der Waals surface area contributed by atoms with E-state index in [0.717, 1.165) is 13.0 Å². The Morgan fingerprint density at radius 3 is 2.71 bits per heavy atom. The standard InChI is InChI=1S/C15H24N2/c1-12-5-6-13(2)14(9-12)10-15(16-3)7-8-17(4)11-15/h5-6,9,16H,7-8,10-11H2,1-4H3. The van der Waals surface area contributed by atoms with Gasteiger partial charge in [0.05, 0.1) is 0 Å². The summed E-state index contributed by atoms with van der Waals surface area (Å²) in [5.41, 5.74) is 4.55. The van der Waals surface area contributed by atoms with E-state index < -0.39 is 0 Å². The van der Waals surface area contributed by atoms with Crippen molar-refractivity contribution < 1.29 is 0 Å². The van der Waals surface area contributed by atoms with E-state index in [2.05, 4.69) is 56.4 Å². The van der Waals surface area contributed by atoms with E-state index in [4.69, 9.17) is 0 Å². The summed E-state index contributed by atoms with van der Waals surface area (Å²) in [4.78, 5) is 2.42. The zero-order chi connectivity index (χ0) is 12.5. The quantitative estimate of drug-likeness (QED) is 0.859. The van der Waals surface area contributed by atoms with Crippen LogP contribution in [0.25, 0.3) is 0 Å². The molecule has 1 atom stereocenters. The number of nitrogens with one attached hydrogen (secondary N) is 1. The smallest absolute Gasteiger partial charge is 0.0359 e. The highest BCUT2D eigenvalue weighted by Crippen LogP contribution is 2.26. The number of likely N-dealkylation sites (tertiary alicyclic amines) is 1. The molecule has 1 aliphatic heterocycles. The van der Waals surface area contributed by atoms with E-state index in [1.165, 1.54) is 29.7 Å². The summed E-state index contributed by atoms with van der Waals surface area (Å²) in [6.45, 7) is 6.75. The van der Waals surface area contributed by atoms with E-state index in [1.54, 1.807) is 0 Å². The Kier molecular flexibility index (Phi) is 3.55. The first kappa shape index (κ1) is 12.6. The van der Waals surface area contributed by atoms with Crippen LogP contribution in [0.15, 0.2) is 18.2 Å². The Morgan fingerprint density at radius 1 is 1.35 bits per heavy atom. The van der Waals surface area contributed by atoms with Gasteiger partial charge in [0.25, 0.3) is 0 Å². The van der Waals surface area contributed by atoms with Crippen molar-refractivity contribution in [3.63, 3.8) is 0 Å². The van der Waals surface area contributed by atoms with Crippen molar-refractivity contribution in [3.05, 3.63) is 34.9 Å². The highest BCUT2D eigenvalue weighted by atomic mass is 15.2. The largest absolute Gasteiger partial charge is 0.313 e. The minimum atomic E-state index is 0.271. The zero-order valence-electron chi connectivity index (χ0n) is 11.5. The van der Waals surface area contributed by atoms with Gasteiger partial charge in [-0.15, -0.1) is 0 Å². The molecule has 0 saturated carbocycles. The lowest BCUT2D eigenvalue weighted by Crippen LogP contribution is -2.47. The molecule has 0 aliphatic carbocycles. The molecular formula is C15H24N2. The lowest BCUT2D eigenvalue weighted by atomic mass is 9.87. The summed E-state index contributed by atoms with van der Waals surface area (Å²) < 4.78 is 0. The number of aryl methyl sites for hydroxylation is 2. The van der Waals surface area contributed by atoms with Gasteiger partial charge in [-0.05, 0) is 58.5 Å². The molecule has 1 heterocycles. The van der Waals surface area contributed by atoms with E-state index in [0.29, 0.717) is 0 Å². The summed E-state index contributed by atoms with van der Waals surface area (Å²) in [5, 5.41) is 3.56. The summed E-state index contributed by atoms with van der Waals surface area (Å²) in [7, 11) is 4.31. The monoisotopic (exact) mass is 232 g/mol. The number of hydrogen-bond acceptors (Lipinski definition) is 2. The highest BCUT2D eigenvalue weighted by Gasteiger charge is 2.35. The van der Waals surface area contributed by atoms with Gasteiger partial charge in [0.1, 0.15) is 0 Å². The van der Waals surface area contributed by atoms with Crippen LogP contribution in [0.3, 0.4) is 0 Å². The molecule has 2 heteroatoms. The van der Waals surface area contributed by atoms with Gasteiger partial charge in [0.15, 0.2) is 0 Å². The molecule has 0 spiro atoms. The van der Waals surface area contributed by atoms with Crippen LogP contribution in [-0.2, 0) is 6.42 Å². The third kappa shape index (κ3) is 2.70. The van der Waals surface area contributed by atoms with Crippen LogP contribution in [0.1, 0.15) is 23.1 Å². The van der Waals surface area contributed by atoms with Crippen molar-refractivity contribution >= 4 is 0 Å². The summed E-state index contributed by atoms with van der Waals surface area (Å²) in [6, 6.07) is 6.78. The van der Waals surface area contributed by atoms with Crippen LogP contribution < -0.4 is 5.32 Å². The van der Waals surface area contributed by atoms with Crippen molar-refractivity contribution in [1.29, 1.82) is 0 Å². The molecule has 1 unspecified atom stereocenters. The number of rotatable bonds is 3. The molecule has 0 aromatic heterocycles. The first-order chi connectivity index (χ1) is 8.04. The van der Waals surface area contributed by atoms with Gasteiger partial charge in [-0.25, -0.2) is 0 Å². The molecule has 1 aromatic rings. The van der Waals surface area contributed by atoms with E-state index in [-0.39, 0.29) is 5.54 Å². The van der Waals surface area contributed by atoms with E-state index in [1.807, 2.05) is 0 Å². The first-order valence-electron chi connectivity index (χ1n) is 6.48. The zero-order valence-corrected chi connectivity index (χ0v) is 11.5. The fourth-order valence-electron chi connectivity index (χ4n) is 2.87. The maximum Gasteiger partial charge on any atom is 0.0359 e. The minimum Gasteiger partial charge on any atom is -0.313 e. The second kappa shape index (κ2) is 4.79.